The average molecular weight is 231 g/mol. The lowest BCUT2D eigenvalue weighted by molar-refractivity contribution is 0.305. The molecular weight excluding hydrogens is 214 g/mol. The maximum atomic E-state index is 9.73. The van der Waals surface area contributed by atoms with E-state index < -0.39 is 0 Å². The van der Waals surface area contributed by atoms with Crippen LogP contribution in [0.15, 0.2) is 24.5 Å². The van der Waals surface area contributed by atoms with Gasteiger partial charge in [0.2, 0.25) is 0 Å². The Morgan fingerprint density at radius 1 is 1.53 bits per heavy atom. The number of hydrogen-bond acceptors (Lipinski definition) is 3. The smallest absolute Gasteiger partial charge is 0.141 e. The van der Waals surface area contributed by atoms with Crippen molar-refractivity contribution in [3.05, 3.63) is 30.4 Å². The first-order valence-corrected chi connectivity index (χ1v) is 6.10. The van der Waals surface area contributed by atoms with E-state index in [0.717, 1.165) is 17.8 Å². The van der Waals surface area contributed by atoms with Crippen LogP contribution in [0.3, 0.4) is 0 Å². The lowest BCUT2D eigenvalue weighted by atomic mass is 10.1. The number of likely N-dealkylation sites (N-methyl/N-ethyl adjacent to an activating group) is 1. The fourth-order valence-electron chi connectivity index (χ4n) is 2.66. The number of aromatic hydroxyl groups is 1. The molecule has 2 aromatic rings. The van der Waals surface area contributed by atoms with Crippen molar-refractivity contribution >= 4 is 5.52 Å². The summed E-state index contributed by atoms with van der Waals surface area (Å²) in [6.07, 6.45) is 7.18. The third-order valence-electron chi connectivity index (χ3n) is 3.71. The summed E-state index contributed by atoms with van der Waals surface area (Å²) in [5, 5.41) is 9.73. The van der Waals surface area contributed by atoms with Crippen LogP contribution in [0.4, 0.5) is 0 Å². The molecule has 1 aliphatic rings. The molecule has 0 bridgehead atoms. The number of nitrogens with zero attached hydrogens (tertiary/aromatic N) is 3. The fourth-order valence-corrected chi connectivity index (χ4v) is 2.66. The molecule has 0 aromatic carbocycles. The summed E-state index contributed by atoms with van der Waals surface area (Å²) in [5.74, 6) is 1.33. The van der Waals surface area contributed by atoms with Gasteiger partial charge in [-0.1, -0.05) is 0 Å². The van der Waals surface area contributed by atoms with Gasteiger partial charge in [-0.3, -0.25) is 0 Å². The molecule has 3 rings (SSSR count). The van der Waals surface area contributed by atoms with Crippen LogP contribution in [-0.2, 0) is 6.42 Å². The fraction of sp³-hybridized carbons (Fsp3) is 0.462. The Kier molecular flexibility index (Phi) is 2.52. The molecule has 0 amide bonds. The van der Waals surface area contributed by atoms with E-state index in [-0.39, 0.29) is 0 Å². The predicted octanol–water partition coefficient (Wildman–Crippen LogP) is 1.68. The van der Waals surface area contributed by atoms with E-state index in [9.17, 15) is 5.11 Å². The molecule has 0 spiro atoms. The van der Waals surface area contributed by atoms with E-state index in [4.69, 9.17) is 0 Å². The molecule has 90 valence electrons. The normalized spacial score (nSPS) is 21.4. The molecule has 1 atom stereocenters. The average Bonchev–Trinajstić information content (AvgIpc) is 2.89. The molecule has 2 aromatic heterocycles. The minimum absolute atomic E-state index is 0.297. The maximum Gasteiger partial charge on any atom is 0.141 e. The van der Waals surface area contributed by atoms with Crippen molar-refractivity contribution < 1.29 is 5.11 Å². The first-order valence-electron chi connectivity index (χ1n) is 6.10. The highest BCUT2D eigenvalue weighted by atomic mass is 16.3. The Hall–Kier alpha value is -1.55. The van der Waals surface area contributed by atoms with Crippen LogP contribution in [0.25, 0.3) is 5.52 Å². The van der Waals surface area contributed by atoms with E-state index in [2.05, 4.69) is 16.9 Å². The molecule has 1 fully saturated rings. The first kappa shape index (κ1) is 10.6. The lowest BCUT2D eigenvalue weighted by Gasteiger charge is -2.18. The number of fused-ring (bicyclic) bond motifs is 1. The lowest BCUT2D eigenvalue weighted by Crippen LogP contribution is -2.27. The van der Waals surface area contributed by atoms with E-state index in [1.165, 1.54) is 19.4 Å². The second-order valence-electron chi connectivity index (χ2n) is 4.80. The minimum Gasteiger partial charge on any atom is -0.506 e. The molecule has 1 saturated heterocycles. The van der Waals surface area contributed by atoms with Gasteiger partial charge in [0.05, 0.1) is 6.20 Å². The number of hydrogen-bond donors (Lipinski definition) is 1. The van der Waals surface area contributed by atoms with Gasteiger partial charge in [-0.25, -0.2) is 4.98 Å². The summed E-state index contributed by atoms with van der Waals surface area (Å²) in [4.78, 5) is 6.82. The molecule has 17 heavy (non-hydrogen) atoms. The van der Waals surface area contributed by atoms with Crippen molar-refractivity contribution in [2.75, 3.05) is 13.6 Å². The SMILES string of the molecule is CN1CCCC1Cc1ncc2c(O)cccn12. The molecule has 0 saturated carbocycles. The number of pyridine rings is 1. The van der Waals surface area contributed by atoms with E-state index in [1.54, 1.807) is 12.3 Å². The monoisotopic (exact) mass is 231 g/mol. The Balaban J connectivity index is 1.93. The molecule has 4 nitrogen and oxygen atoms in total. The maximum absolute atomic E-state index is 9.73. The van der Waals surface area contributed by atoms with Gasteiger partial charge in [-0.2, -0.15) is 0 Å². The first-order chi connectivity index (χ1) is 8.25. The minimum atomic E-state index is 0.297. The Labute approximate surface area is 101 Å². The van der Waals surface area contributed by atoms with Crippen LogP contribution in [0, 0.1) is 0 Å². The quantitative estimate of drug-likeness (QED) is 0.855. The van der Waals surface area contributed by atoms with Crippen LogP contribution >= 0.6 is 0 Å². The topological polar surface area (TPSA) is 40.8 Å². The van der Waals surface area contributed by atoms with Gasteiger partial charge < -0.3 is 14.4 Å². The van der Waals surface area contributed by atoms with Gasteiger partial charge in [0, 0.05) is 18.7 Å². The van der Waals surface area contributed by atoms with Gasteiger partial charge in [-0.05, 0) is 38.6 Å². The van der Waals surface area contributed by atoms with Crippen molar-refractivity contribution in [2.24, 2.45) is 0 Å². The van der Waals surface area contributed by atoms with Gasteiger partial charge in [0.25, 0.3) is 0 Å². The second kappa shape index (κ2) is 4.04. The van der Waals surface area contributed by atoms with Crippen molar-refractivity contribution in [3.8, 4) is 5.75 Å². The van der Waals surface area contributed by atoms with Gasteiger partial charge >= 0.3 is 0 Å². The second-order valence-corrected chi connectivity index (χ2v) is 4.80. The zero-order valence-electron chi connectivity index (χ0n) is 10.0. The largest absolute Gasteiger partial charge is 0.506 e. The summed E-state index contributed by atoms with van der Waals surface area (Å²) >= 11 is 0. The van der Waals surface area contributed by atoms with E-state index >= 15 is 0 Å². The zero-order valence-corrected chi connectivity index (χ0v) is 10.0. The van der Waals surface area contributed by atoms with Crippen molar-refractivity contribution in [1.29, 1.82) is 0 Å². The highest BCUT2D eigenvalue weighted by Gasteiger charge is 2.22. The molecule has 0 radical (unpaired) electrons. The van der Waals surface area contributed by atoms with Crippen molar-refractivity contribution in [3.63, 3.8) is 0 Å². The van der Waals surface area contributed by atoms with Crippen LogP contribution in [0.1, 0.15) is 18.7 Å². The van der Waals surface area contributed by atoms with E-state index in [1.807, 2.05) is 16.7 Å². The van der Waals surface area contributed by atoms with Gasteiger partial charge in [-0.15, -0.1) is 0 Å². The Bertz CT molecular complexity index is 534. The summed E-state index contributed by atoms with van der Waals surface area (Å²) in [6.45, 7) is 1.18. The molecule has 3 heterocycles. The molecule has 4 heteroatoms. The third kappa shape index (κ3) is 1.78. The van der Waals surface area contributed by atoms with Crippen LogP contribution in [0.2, 0.25) is 0 Å². The Morgan fingerprint density at radius 2 is 2.41 bits per heavy atom. The molecule has 1 aliphatic heterocycles. The molecule has 1 N–H and O–H groups in total. The number of imidazole rings is 1. The predicted molar refractivity (Wildman–Crippen MR) is 66.2 cm³/mol. The molecule has 1 unspecified atom stereocenters. The van der Waals surface area contributed by atoms with Crippen molar-refractivity contribution in [1.82, 2.24) is 14.3 Å². The third-order valence-corrected chi connectivity index (χ3v) is 3.71. The molecular formula is C13H17N3O. The van der Waals surface area contributed by atoms with Crippen LogP contribution in [-0.4, -0.2) is 39.0 Å². The van der Waals surface area contributed by atoms with Crippen LogP contribution in [0.5, 0.6) is 5.75 Å². The summed E-state index contributed by atoms with van der Waals surface area (Å²) in [5.41, 5.74) is 0.795. The van der Waals surface area contributed by atoms with Crippen LogP contribution < -0.4 is 0 Å². The highest BCUT2D eigenvalue weighted by Crippen LogP contribution is 2.22. The van der Waals surface area contributed by atoms with Gasteiger partial charge in [0.1, 0.15) is 17.1 Å². The summed E-state index contributed by atoms with van der Waals surface area (Å²) < 4.78 is 1.99. The molecule has 0 aliphatic carbocycles. The zero-order chi connectivity index (χ0) is 11.8. The highest BCUT2D eigenvalue weighted by molar-refractivity contribution is 5.58. The van der Waals surface area contributed by atoms with Gasteiger partial charge in [0.15, 0.2) is 0 Å². The van der Waals surface area contributed by atoms with E-state index in [0.29, 0.717) is 11.8 Å². The van der Waals surface area contributed by atoms with Crippen molar-refractivity contribution in [2.45, 2.75) is 25.3 Å². The summed E-state index contributed by atoms with van der Waals surface area (Å²) in [6, 6.07) is 4.14. The number of rotatable bonds is 2. The number of aromatic nitrogens is 2. The number of likely N-dealkylation sites (tertiary alicyclic amines) is 1. The Morgan fingerprint density at radius 3 is 3.18 bits per heavy atom. The standard InChI is InChI=1S/C13H17N3O/c1-15-6-2-4-10(15)8-13-14-9-11-12(17)5-3-7-16(11)13/h3,5,7,9-10,17H,2,4,6,8H2,1H3. The summed E-state index contributed by atoms with van der Waals surface area (Å²) in [7, 11) is 2.17.